The maximum absolute atomic E-state index is 11.4. The summed E-state index contributed by atoms with van der Waals surface area (Å²) in [6, 6.07) is 0. The highest BCUT2D eigenvalue weighted by atomic mass is 16.5. The summed E-state index contributed by atoms with van der Waals surface area (Å²) < 4.78 is 4.83. The Balaban J connectivity index is 3.53. The van der Waals surface area contributed by atoms with Gasteiger partial charge < -0.3 is 14.9 Å². The largest absolute Gasteiger partial charge is 0.463 e. The highest BCUT2D eigenvalue weighted by Gasteiger charge is 2.06. The third kappa shape index (κ3) is 20.3. The predicted molar refractivity (Wildman–Crippen MR) is 112 cm³/mol. The Hall–Kier alpha value is -1.91. The van der Waals surface area contributed by atoms with Crippen molar-refractivity contribution in [1.82, 2.24) is 0 Å². The first-order valence-electron chi connectivity index (χ1n) is 9.90. The monoisotopic (exact) mass is 376 g/mol. The fourth-order valence-corrected chi connectivity index (χ4v) is 2.05. The predicted octanol–water partition coefficient (Wildman–Crippen LogP) is 4.80. The number of carbonyl (C=O) groups is 1. The maximum atomic E-state index is 11.4. The molecule has 0 rings (SSSR count). The van der Waals surface area contributed by atoms with Gasteiger partial charge in [-0.3, -0.25) is 4.79 Å². The molecule has 0 saturated heterocycles. The van der Waals surface area contributed by atoms with E-state index in [1.807, 2.05) is 0 Å². The van der Waals surface area contributed by atoms with Crippen LogP contribution in [0.4, 0.5) is 0 Å². The highest BCUT2D eigenvalue weighted by molar-refractivity contribution is 5.69. The van der Waals surface area contributed by atoms with Crippen LogP contribution in [-0.2, 0) is 9.53 Å². The van der Waals surface area contributed by atoms with E-state index in [0.29, 0.717) is 6.42 Å². The van der Waals surface area contributed by atoms with Crippen molar-refractivity contribution in [2.75, 3.05) is 13.2 Å². The summed E-state index contributed by atoms with van der Waals surface area (Å²) >= 11 is 0. The minimum absolute atomic E-state index is 0.142. The quantitative estimate of drug-likeness (QED) is 0.231. The summed E-state index contributed by atoms with van der Waals surface area (Å²) in [7, 11) is 0. The van der Waals surface area contributed by atoms with Gasteiger partial charge in [-0.2, -0.15) is 0 Å². The number of ether oxygens (including phenoxy) is 1. The van der Waals surface area contributed by atoms with Gasteiger partial charge >= 0.3 is 5.97 Å². The van der Waals surface area contributed by atoms with Gasteiger partial charge in [0.15, 0.2) is 0 Å². The van der Waals surface area contributed by atoms with Crippen LogP contribution < -0.4 is 0 Å². The molecule has 1 atom stereocenters. The van der Waals surface area contributed by atoms with Gasteiger partial charge in [-0.1, -0.05) is 67.7 Å². The molecule has 4 nitrogen and oxygen atoms in total. The summed E-state index contributed by atoms with van der Waals surface area (Å²) in [5.41, 5.74) is 0. The van der Waals surface area contributed by atoms with E-state index in [1.54, 1.807) is 0 Å². The molecular weight excluding hydrogens is 340 g/mol. The number of hydrogen-bond acceptors (Lipinski definition) is 4. The zero-order valence-electron chi connectivity index (χ0n) is 16.6. The van der Waals surface area contributed by atoms with Crippen molar-refractivity contribution >= 4 is 5.97 Å². The molecular formula is C23H36O4. The highest BCUT2D eigenvalue weighted by Crippen LogP contribution is 2.01. The lowest BCUT2D eigenvalue weighted by atomic mass is 10.2. The summed E-state index contributed by atoms with van der Waals surface area (Å²) in [4.78, 5) is 11.4. The molecule has 0 aromatic heterocycles. The normalized spacial score (nSPS) is 13.7. The molecule has 2 N–H and O–H groups in total. The number of allylic oxidation sites excluding steroid dienone is 10. The van der Waals surface area contributed by atoms with E-state index in [1.165, 1.54) is 0 Å². The fourth-order valence-electron chi connectivity index (χ4n) is 2.05. The van der Waals surface area contributed by atoms with Gasteiger partial charge in [0.05, 0.1) is 6.61 Å². The Kier molecular flexibility index (Phi) is 19.0. The first kappa shape index (κ1) is 25.1. The second-order valence-corrected chi connectivity index (χ2v) is 6.12. The van der Waals surface area contributed by atoms with E-state index < -0.39 is 12.7 Å². The van der Waals surface area contributed by atoms with E-state index in [-0.39, 0.29) is 12.6 Å². The Labute approximate surface area is 164 Å². The van der Waals surface area contributed by atoms with Gasteiger partial charge in [0.25, 0.3) is 0 Å². The smallest absolute Gasteiger partial charge is 0.305 e. The Morgan fingerprint density at radius 3 is 1.81 bits per heavy atom. The molecule has 0 aliphatic heterocycles. The lowest BCUT2D eigenvalue weighted by molar-refractivity contribution is -0.147. The van der Waals surface area contributed by atoms with E-state index in [9.17, 15) is 4.79 Å². The maximum Gasteiger partial charge on any atom is 0.305 e. The molecule has 1 unspecified atom stereocenters. The summed E-state index contributed by atoms with van der Waals surface area (Å²) in [6.07, 6.45) is 27.4. The molecule has 0 fully saturated rings. The molecule has 0 aromatic rings. The van der Waals surface area contributed by atoms with Crippen LogP contribution in [0, 0.1) is 0 Å². The Morgan fingerprint density at radius 2 is 1.33 bits per heavy atom. The molecule has 27 heavy (non-hydrogen) atoms. The standard InChI is InChI=1S/C23H36O4/c1-2-3-4-5-6-7-8-9-10-11-12-13-14-15-16-17-18-19-23(26)27-21-22(25)20-24/h3-4,6-7,9-10,12-13,15-16,22,24-25H,2,5,8,11,14,17-21H2,1H3/b4-3-,7-6-,10-9-,13-12-,16-15-. The molecule has 0 aliphatic rings. The molecule has 0 bridgehead atoms. The lowest BCUT2D eigenvalue weighted by Gasteiger charge is -2.07. The number of esters is 1. The van der Waals surface area contributed by atoms with E-state index in [4.69, 9.17) is 14.9 Å². The minimum atomic E-state index is -0.986. The topological polar surface area (TPSA) is 66.8 Å². The van der Waals surface area contributed by atoms with Crippen molar-refractivity contribution in [2.45, 2.75) is 64.4 Å². The van der Waals surface area contributed by atoms with Crippen molar-refractivity contribution in [1.29, 1.82) is 0 Å². The number of carbonyl (C=O) groups excluding carboxylic acids is 1. The van der Waals surface area contributed by atoms with Crippen molar-refractivity contribution in [3.05, 3.63) is 60.8 Å². The Morgan fingerprint density at radius 1 is 0.852 bits per heavy atom. The lowest BCUT2D eigenvalue weighted by Crippen LogP contribution is -2.21. The van der Waals surface area contributed by atoms with Crippen LogP contribution in [0.3, 0.4) is 0 Å². The average Bonchev–Trinajstić information content (AvgIpc) is 2.68. The van der Waals surface area contributed by atoms with E-state index in [0.717, 1.165) is 44.9 Å². The van der Waals surface area contributed by atoms with Gasteiger partial charge in [0.1, 0.15) is 12.7 Å². The third-order valence-electron chi connectivity index (χ3n) is 3.56. The second-order valence-electron chi connectivity index (χ2n) is 6.12. The molecule has 0 amide bonds. The number of rotatable bonds is 16. The molecule has 4 heteroatoms. The van der Waals surface area contributed by atoms with Crippen LogP contribution in [-0.4, -0.2) is 35.5 Å². The van der Waals surface area contributed by atoms with Crippen LogP contribution in [0.25, 0.3) is 0 Å². The van der Waals surface area contributed by atoms with Gasteiger partial charge in [0.2, 0.25) is 0 Å². The SMILES string of the molecule is CC/C=C\C/C=C\C/C=C\C/C=C\C/C=C\CCCC(=O)OCC(O)CO. The third-order valence-corrected chi connectivity index (χ3v) is 3.56. The molecule has 0 saturated carbocycles. The summed E-state index contributed by atoms with van der Waals surface area (Å²) in [5, 5.41) is 17.7. The molecule has 0 aliphatic carbocycles. The second kappa shape index (κ2) is 20.4. The number of hydrogen-bond donors (Lipinski definition) is 2. The summed E-state index contributed by atoms with van der Waals surface area (Å²) in [5.74, 6) is -0.338. The van der Waals surface area contributed by atoms with Crippen LogP contribution in [0.1, 0.15) is 58.3 Å². The van der Waals surface area contributed by atoms with Crippen LogP contribution in [0.5, 0.6) is 0 Å². The molecule has 0 heterocycles. The number of unbranched alkanes of at least 4 members (excludes halogenated alkanes) is 1. The number of aliphatic hydroxyl groups excluding tert-OH is 2. The zero-order valence-corrected chi connectivity index (χ0v) is 16.6. The fraction of sp³-hybridized carbons (Fsp3) is 0.522. The van der Waals surface area contributed by atoms with Gasteiger partial charge in [-0.05, 0) is 44.9 Å². The Bertz CT molecular complexity index is 487. The van der Waals surface area contributed by atoms with Crippen LogP contribution >= 0.6 is 0 Å². The van der Waals surface area contributed by atoms with Crippen LogP contribution in [0.15, 0.2) is 60.8 Å². The molecule has 152 valence electrons. The zero-order chi connectivity index (χ0) is 20.0. The van der Waals surface area contributed by atoms with E-state index in [2.05, 4.69) is 67.7 Å². The molecule has 0 aromatic carbocycles. The average molecular weight is 377 g/mol. The first-order valence-corrected chi connectivity index (χ1v) is 9.90. The number of aliphatic hydroxyl groups is 2. The molecule has 0 radical (unpaired) electrons. The van der Waals surface area contributed by atoms with Gasteiger partial charge in [0, 0.05) is 6.42 Å². The minimum Gasteiger partial charge on any atom is -0.463 e. The van der Waals surface area contributed by atoms with Crippen molar-refractivity contribution in [2.24, 2.45) is 0 Å². The first-order chi connectivity index (χ1) is 13.2. The van der Waals surface area contributed by atoms with Crippen molar-refractivity contribution in [3.63, 3.8) is 0 Å². The van der Waals surface area contributed by atoms with Gasteiger partial charge in [-0.25, -0.2) is 0 Å². The van der Waals surface area contributed by atoms with Crippen molar-refractivity contribution < 1.29 is 19.7 Å². The summed E-state index contributed by atoms with van der Waals surface area (Å²) in [6.45, 7) is 1.60. The van der Waals surface area contributed by atoms with Crippen LogP contribution in [0.2, 0.25) is 0 Å². The molecule has 0 spiro atoms. The van der Waals surface area contributed by atoms with E-state index >= 15 is 0 Å². The van der Waals surface area contributed by atoms with Crippen molar-refractivity contribution in [3.8, 4) is 0 Å². The van der Waals surface area contributed by atoms with Gasteiger partial charge in [-0.15, -0.1) is 0 Å².